The van der Waals surface area contributed by atoms with Gasteiger partial charge in [-0.15, -0.1) is 0 Å². The van der Waals surface area contributed by atoms with Gasteiger partial charge in [0.05, 0.1) is 18.8 Å². The van der Waals surface area contributed by atoms with Crippen LogP contribution in [0.25, 0.3) is 0 Å². The molecule has 3 aliphatic rings. The fraction of sp³-hybridized carbons (Fsp3) is 0.552. The van der Waals surface area contributed by atoms with Crippen LogP contribution in [-0.2, 0) is 9.53 Å². The highest BCUT2D eigenvalue weighted by atomic mass is 16.5. The SMILES string of the molecule is C[C@H]1CCCN(CCCOc2ccc(N3CCC4(CC3)CN(c3ccccc3)C(=O)CO4)cc2)C1. The number of amides is 1. The van der Waals surface area contributed by atoms with Crippen molar-refractivity contribution in [2.45, 2.75) is 44.6 Å². The lowest BCUT2D eigenvalue weighted by Crippen LogP contribution is -2.59. The number of ether oxygens (including phenoxy) is 2. The lowest BCUT2D eigenvalue weighted by atomic mass is 9.88. The van der Waals surface area contributed by atoms with Gasteiger partial charge in [0.1, 0.15) is 12.4 Å². The first-order valence-electron chi connectivity index (χ1n) is 13.3. The summed E-state index contributed by atoms with van der Waals surface area (Å²) in [6.07, 6.45) is 5.60. The molecule has 0 saturated carbocycles. The van der Waals surface area contributed by atoms with Crippen molar-refractivity contribution in [3.05, 3.63) is 54.6 Å². The number of piperidine rings is 2. The molecule has 0 N–H and O–H groups in total. The van der Waals surface area contributed by atoms with Crippen LogP contribution in [0.1, 0.15) is 39.0 Å². The van der Waals surface area contributed by atoms with E-state index in [4.69, 9.17) is 9.47 Å². The number of carbonyl (C=O) groups excluding carboxylic acids is 1. The molecule has 0 aromatic heterocycles. The zero-order valence-electron chi connectivity index (χ0n) is 21.0. The van der Waals surface area contributed by atoms with Gasteiger partial charge in [0.25, 0.3) is 5.91 Å². The average molecular weight is 478 g/mol. The van der Waals surface area contributed by atoms with Gasteiger partial charge < -0.3 is 24.2 Å². The smallest absolute Gasteiger partial charge is 0.253 e. The van der Waals surface area contributed by atoms with Crippen LogP contribution in [0, 0.1) is 5.92 Å². The number of hydrogen-bond acceptors (Lipinski definition) is 5. The van der Waals surface area contributed by atoms with Crippen LogP contribution in [0.2, 0.25) is 0 Å². The van der Waals surface area contributed by atoms with E-state index in [9.17, 15) is 4.79 Å². The molecular formula is C29H39N3O3. The van der Waals surface area contributed by atoms with Gasteiger partial charge in [0.2, 0.25) is 0 Å². The number of likely N-dealkylation sites (tertiary alicyclic amines) is 1. The molecule has 3 fully saturated rings. The first-order valence-corrected chi connectivity index (χ1v) is 13.3. The summed E-state index contributed by atoms with van der Waals surface area (Å²) in [6, 6.07) is 18.5. The second-order valence-electron chi connectivity index (χ2n) is 10.5. The summed E-state index contributed by atoms with van der Waals surface area (Å²) in [5, 5.41) is 0. The highest BCUT2D eigenvalue weighted by Crippen LogP contribution is 2.34. The summed E-state index contributed by atoms with van der Waals surface area (Å²) in [7, 11) is 0. The summed E-state index contributed by atoms with van der Waals surface area (Å²) in [6.45, 7) is 9.37. The number of hydrogen-bond donors (Lipinski definition) is 0. The van der Waals surface area contributed by atoms with Gasteiger partial charge in [0, 0.05) is 37.6 Å². The van der Waals surface area contributed by atoms with Crippen LogP contribution in [-0.4, -0.2) is 68.9 Å². The molecule has 5 rings (SSSR count). The van der Waals surface area contributed by atoms with Crippen molar-refractivity contribution in [1.82, 2.24) is 4.90 Å². The van der Waals surface area contributed by atoms with Crippen LogP contribution in [0.3, 0.4) is 0 Å². The van der Waals surface area contributed by atoms with E-state index in [0.29, 0.717) is 6.54 Å². The summed E-state index contributed by atoms with van der Waals surface area (Å²) in [5.41, 5.74) is 1.93. The standard InChI is InChI=1S/C29H39N3O3/c1-24-7-5-16-30(21-24)17-6-20-34-27-12-10-25(11-13-27)31-18-14-29(15-19-31)23-32(28(33)22-35-29)26-8-3-2-4-9-26/h2-4,8-13,24H,5-7,14-23H2,1H3/t24-/m0/s1. The van der Waals surface area contributed by atoms with Crippen LogP contribution >= 0.6 is 0 Å². The largest absolute Gasteiger partial charge is 0.494 e. The third kappa shape index (κ3) is 5.99. The summed E-state index contributed by atoms with van der Waals surface area (Å²) < 4.78 is 12.2. The molecule has 6 nitrogen and oxygen atoms in total. The molecule has 35 heavy (non-hydrogen) atoms. The van der Waals surface area contributed by atoms with Crippen molar-refractivity contribution >= 4 is 17.3 Å². The highest BCUT2D eigenvalue weighted by Gasteiger charge is 2.42. The molecule has 188 valence electrons. The molecule has 3 saturated heterocycles. The van der Waals surface area contributed by atoms with Crippen molar-refractivity contribution in [2.24, 2.45) is 5.92 Å². The molecule has 6 heteroatoms. The molecule has 1 spiro atoms. The van der Waals surface area contributed by atoms with Gasteiger partial charge in [-0.25, -0.2) is 0 Å². The number of carbonyl (C=O) groups is 1. The zero-order valence-corrected chi connectivity index (χ0v) is 21.0. The van der Waals surface area contributed by atoms with E-state index in [1.807, 2.05) is 35.2 Å². The minimum Gasteiger partial charge on any atom is -0.494 e. The lowest BCUT2D eigenvalue weighted by Gasteiger charge is -2.47. The Balaban J connectivity index is 1.09. The molecule has 0 bridgehead atoms. The van der Waals surface area contributed by atoms with E-state index in [0.717, 1.165) is 62.9 Å². The maximum Gasteiger partial charge on any atom is 0.253 e. The van der Waals surface area contributed by atoms with Crippen molar-refractivity contribution in [2.75, 3.05) is 62.3 Å². The third-order valence-electron chi connectivity index (χ3n) is 7.82. The van der Waals surface area contributed by atoms with Crippen LogP contribution in [0.4, 0.5) is 11.4 Å². The minimum atomic E-state index is -0.255. The van der Waals surface area contributed by atoms with E-state index in [-0.39, 0.29) is 18.1 Å². The third-order valence-corrected chi connectivity index (χ3v) is 7.82. The zero-order chi connectivity index (χ0) is 24.1. The molecule has 1 atom stereocenters. The lowest BCUT2D eigenvalue weighted by molar-refractivity contribution is -0.141. The first kappa shape index (κ1) is 24.1. The van der Waals surface area contributed by atoms with E-state index in [1.54, 1.807) is 0 Å². The van der Waals surface area contributed by atoms with E-state index in [2.05, 4.69) is 41.0 Å². The van der Waals surface area contributed by atoms with E-state index >= 15 is 0 Å². The van der Waals surface area contributed by atoms with Crippen LogP contribution in [0.15, 0.2) is 54.6 Å². The minimum absolute atomic E-state index is 0.0466. The van der Waals surface area contributed by atoms with Crippen LogP contribution < -0.4 is 14.5 Å². The monoisotopic (exact) mass is 477 g/mol. The molecule has 2 aromatic carbocycles. The Kier molecular flexibility index (Phi) is 7.59. The molecular weight excluding hydrogens is 438 g/mol. The Morgan fingerprint density at radius 3 is 2.51 bits per heavy atom. The van der Waals surface area contributed by atoms with Gasteiger partial charge in [0.15, 0.2) is 0 Å². The molecule has 0 unspecified atom stereocenters. The molecule has 1 amide bonds. The Morgan fingerprint density at radius 2 is 1.77 bits per heavy atom. The first-order chi connectivity index (χ1) is 17.1. The average Bonchev–Trinajstić information content (AvgIpc) is 2.90. The van der Waals surface area contributed by atoms with E-state index in [1.165, 1.54) is 31.6 Å². The van der Waals surface area contributed by atoms with Gasteiger partial charge in [-0.3, -0.25) is 4.79 Å². The number of benzene rings is 2. The van der Waals surface area contributed by atoms with Crippen LogP contribution in [0.5, 0.6) is 5.75 Å². The number of anilines is 2. The van der Waals surface area contributed by atoms with Gasteiger partial charge in [-0.05, 0) is 81.0 Å². The maximum atomic E-state index is 12.5. The Labute approximate surface area is 209 Å². The maximum absolute atomic E-state index is 12.5. The normalized spacial score (nSPS) is 23.0. The number of morpholine rings is 1. The highest BCUT2D eigenvalue weighted by molar-refractivity contribution is 5.95. The van der Waals surface area contributed by atoms with Crippen molar-refractivity contribution in [3.63, 3.8) is 0 Å². The fourth-order valence-corrected chi connectivity index (χ4v) is 5.75. The van der Waals surface area contributed by atoms with Crippen molar-refractivity contribution < 1.29 is 14.3 Å². The second-order valence-corrected chi connectivity index (χ2v) is 10.5. The number of nitrogens with zero attached hydrogens (tertiary/aromatic N) is 3. The van der Waals surface area contributed by atoms with E-state index < -0.39 is 0 Å². The predicted molar refractivity (Wildman–Crippen MR) is 140 cm³/mol. The Morgan fingerprint density at radius 1 is 1.00 bits per heavy atom. The molecule has 0 radical (unpaired) electrons. The quantitative estimate of drug-likeness (QED) is 0.546. The molecule has 3 heterocycles. The number of para-hydroxylation sites is 1. The summed E-state index contributed by atoms with van der Waals surface area (Å²) in [5.74, 6) is 1.82. The summed E-state index contributed by atoms with van der Waals surface area (Å²) in [4.78, 5) is 19.4. The topological polar surface area (TPSA) is 45.2 Å². The van der Waals surface area contributed by atoms with Gasteiger partial charge in [-0.2, -0.15) is 0 Å². The number of rotatable bonds is 7. The second kappa shape index (κ2) is 11.0. The Bertz CT molecular complexity index is 957. The molecule has 0 aliphatic carbocycles. The van der Waals surface area contributed by atoms with Crippen molar-refractivity contribution in [1.29, 1.82) is 0 Å². The Hall–Kier alpha value is -2.57. The molecule has 2 aromatic rings. The predicted octanol–water partition coefficient (Wildman–Crippen LogP) is 4.59. The summed E-state index contributed by atoms with van der Waals surface area (Å²) >= 11 is 0. The fourth-order valence-electron chi connectivity index (χ4n) is 5.75. The van der Waals surface area contributed by atoms with Crippen molar-refractivity contribution in [3.8, 4) is 5.75 Å². The molecule has 3 aliphatic heterocycles. The van der Waals surface area contributed by atoms with Gasteiger partial charge in [-0.1, -0.05) is 25.1 Å². The van der Waals surface area contributed by atoms with Gasteiger partial charge >= 0.3 is 0 Å².